The van der Waals surface area contributed by atoms with Gasteiger partial charge in [-0.05, 0) is 58.9 Å². The van der Waals surface area contributed by atoms with E-state index >= 15 is 0 Å². The summed E-state index contributed by atoms with van der Waals surface area (Å²) in [5.74, 6) is -1.36. The van der Waals surface area contributed by atoms with Crippen LogP contribution in [0.15, 0.2) is 91.1 Å². The van der Waals surface area contributed by atoms with E-state index in [-0.39, 0.29) is 24.6 Å². The maximum absolute atomic E-state index is 13.0. The average molecular weight is 519 g/mol. The van der Waals surface area contributed by atoms with Crippen molar-refractivity contribution in [3.63, 3.8) is 0 Å². The van der Waals surface area contributed by atoms with Crippen molar-refractivity contribution >= 4 is 17.6 Å². The highest BCUT2D eigenvalue weighted by molar-refractivity contribution is 5.98. The highest BCUT2D eigenvalue weighted by atomic mass is 16.5. The first kappa shape index (κ1) is 25.9. The molecule has 0 radical (unpaired) electrons. The van der Waals surface area contributed by atoms with Crippen molar-refractivity contribution in [1.29, 1.82) is 0 Å². The zero-order chi connectivity index (χ0) is 27.4. The number of aromatic carboxylic acids is 1. The fourth-order valence-electron chi connectivity index (χ4n) is 4.87. The molecule has 39 heavy (non-hydrogen) atoms. The van der Waals surface area contributed by atoms with Gasteiger partial charge < -0.3 is 14.2 Å². The predicted molar refractivity (Wildman–Crippen MR) is 152 cm³/mol. The van der Waals surface area contributed by atoms with Crippen LogP contribution in [0.2, 0.25) is 0 Å². The molecule has 0 fully saturated rings. The second kappa shape index (κ2) is 11.4. The number of benzene rings is 3. The van der Waals surface area contributed by atoms with Gasteiger partial charge in [-0.25, -0.2) is 9.78 Å². The molecule has 0 aliphatic rings. The van der Waals surface area contributed by atoms with E-state index in [1.165, 1.54) is 0 Å². The minimum absolute atomic E-state index is 0.0685. The number of pyridine rings is 1. The van der Waals surface area contributed by atoms with Gasteiger partial charge in [0.15, 0.2) is 0 Å². The Balaban J connectivity index is 1.37. The summed E-state index contributed by atoms with van der Waals surface area (Å²) in [6.45, 7) is 4.28. The Hall–Kier alpha value is -4.71. The Morgan fingerprint density at radius 3 is 2.44 bits per heavy atom. The number of aromatic nitrogens is 2. The first-order valence-corrected chi connectivity index (χ1v) is 13.1. The van der Waals surface area contributed by atoms with Gasteiger partial charge in [-0.1, -0.05) is 86.1 Å². The molecular formula is C33H30N2O4. The average Bonchev–Trinajstić information content (AvgIpc) is 3.38. The number of carboxylic acid groups (broad SMARTS) is 1. The van der Waals surface area contributed by atoms with Gasteiger partial charge in [0.2, 0.25) is 0 Å². The second-order valence-corrected chi connectivity index (χ2v) is 9.61. The molecule has 2 aromatic heterocycles. The first-order valence-electron chi connectivity index (χ1n) is 13.1. The predicted octanol–water partition coefficient (Wildman–Crippen LogP) is 6.91. The zero-order valence-corrected chi connectivity index (χ0v) is 22.1. The number of nitrogens with zero attached hydrogens (tertiary/aromatic N) is 2. The Morgan fingerprint density at radius 2 is 1.67 bits per heavy atom. The fourth-order valence-corrected chi connectivity index (χ4v) is 4.87. The smallest absolute Gasteiger partial charge is 0.336 e. The van der Waals surface area contributed by atoms with E-state index in [9.17, 15) is 14.7 Å². The van der Waals surface area contributed by atoms with Crippen molar-refractivity contribution in [2.75, 3.05) is 0 Å². The molecule has 0 spiro atoms. The van der Waals surface area contributed by atoms with Gasteiger partial charge in [0, 0.05) is 6.20 Å². The van der Waals surface area contributed by atoms with Crippen molar-refractivity contribution in [3.05, 3.63) is 119 Å². The van der Waals surface area contributed by atoms with Gasteiger partial charge in [-0.2, -0.15) is 0 Å². The number of hydrogen-bond donors (Lipinski definition) is 1. The number of ether oxygens (including phenoxy) is 1. The van der Waals surface area contributed by atoms with Gasteiger partial charge in [0.05, 0.1) is 23.4 Å². The lowest BCUT2D eigenvalue weighted by atomic mass is 9.92. The molecule has 1 N–H and O–H groups in total. The third-order valence-corrected chi connectivity index (χ3v) is 6.83. The Morgan fingerprint density at radius 1 is 0.897 bits per heavy atom. The number of carboxylic acids is 1. The number of carbonyl (C=O) groups is 2. The van der Waals surface area contributed by atoms with E-state index in [4.69, 9.17) is 9.72 Å². The summed E-state index contributed by atoms with van der Waals surface area (Å²) in [6, 6.07) is 26.3. The molecule has 5 aromatic rings. The molecule has 3 aromatic carbocycles. The van der Waals surface area contributed by atoms with Crippen LogP contribution in [-0.4, -0.2) is 26.4 Å². The maximum Gasteiger partial charge on any atom is 0.336 e. The van der Waals surface area contributed by atoms with Crippen LogP contribution < -0.4 is 0 Å². The van der Waals surface area contributed by atoms with Crippen LogP contribution in [0.4, 0.5) is 0 Å². The molecule has 0 atom stereocenters. The molecule has 0 saturated heterocycles. The maximum atomic E-state index is 13.0. The zero-order valence-electron chi connectivity index (χ0n) is 22.1. The Bertz CT molecular complexity index is 1650. The van der Waals surface area contributed by atoms with Crippen molar-refractivity contribution in [2.24, 2.45) is 0 Å². The van der Waals surface area contributed by atoms with Gasteiger partial charge in [0.1, 0.15) is 12.3 Å². The fraction of sp³-hybridized carbons (Fsp3) is 0.182. The van der Waals surface area contributed by atoms with E-state index in [0.717, 1.165) is 57.7 Å². The van der Waals surface area contributed by atoms with E-state index in [0.29, 0.717) is 5.56 Å². The van der Waals surface area contributed by atoms with E-state index in [1.54, 1.807) is 6.07 Å². The molecule has 6 heteroatoms. The quantitative estimate of drug-likeness (QED) is 0.214. The summed E-state index contributed by atoms with van der Waals surface area (Å²) in [5, 5.41) is 9.93. The van der Waals surface area contributed by atoms with Gasteiger partial charge in [-0.3, -0.25) is 4.79 Å². The Labute approximate surface area is 227 Å². The molecule has 0 aliphatic heterocycles. The second-order valence-electron chi connectivity index (χ2n) is 9.61. The van der Waals surface area contributed by atoms with Crippen molar-refractivity contribution in [1.82, 2.24) is 9.38 Å². The van der Waals surface area contributed by atoms with E-state index in [1.807, 2.05) is 96.4 Å². The summed E-state index contributed by atoms with van der Waals surface area (Å²) < 4.78 is 7.70. The van der Waals surface area contributed by atoms with Crippen LogP contribution in [0.1, 0.15) is 46.2 Å². The van der Waals surface area contributed by atoms with Crippen molar-refractivity contribution in [3.8, 4) is 22.3 Å². The molecule has 0 aliphatic carbocycles. The number of hydrogen-bond acceptors (Lipinski definition) is 4. The number of esters is 1. The van der Waals surface area contributed by atoms with Gasteiger partial charge >= 0.3 is 11.9 Å². The highest BCUT2D eigenvalue weighted by Gasteiger charge is 2.17. The number of carbonyl (C=O) groups excluding carboxylic acids is 1. The lowest BCUT2D eigenvalue weighted by molar-refractivity contribution is -0.144. The molecule has 0 unspecified atom stereocenters. The molecule has 196 valence electrons. The van der Waals surface area contributed by atoms with Crippen LogP contribution in [0.3, 0.4) is 0 Å². The van der Waals surface area contributed by atoms with Gasteiger partial charge in [0.25, 0.3) is 0 Å². The van der Waals surface area contributed by atoms with Crippen LogP contribution in [-0.2, 0) is 29.0 Å². The number of fused-ring (bicyclic) bond motifs is 1. The van der Waals surface area contributed by atoms with Crippen LogP contribution in [0.25, 0.3) is 27.9 Å². The monoisotopic (exact) mass is 518 g/mol. The standard InChI is InChI=1S/C33H30N2O4/c1-3-9-26-20-35-27(16-14-22(2)32(35)34-26)21-39-31(36)19-24-12-7-8-13-28(24)25-15-17-29(30(18-25)33(37)38)23-10-5-4-6-11-23/h4-8,10-18,20H,3,9,19,21H2,1-2H3,(H,37,38). The summed E-state index contributed by atoms with van der Waals surface area (Å²) >= 11 is 0. The minimum Gasteiger partial charge on any atom is -0.478 e. The molecule has 5 rings (SSSR count). The molecule has 6 nitrogen and oxygen atoms in total. The van der Waals surface area contributed by atoms with Crippen LogP contribution >= 0.6 is 0 Å². The molecule has 0 amide bonds. The normalized spacial score (nSPS) is 11.0. The SMILES string of the molecule is CCCc1cn2c(COC(=O)Cc3ccccc3-c3ccc(-c4ccccc4)c(C(=O)O)c3)ccc(C)c2n1. The lowest BCUT2D eigenvalue weighted by Gasteiger charge is -2.13. The highest BCUT2D eigenvalue weighted by Crippen LogP contribution is 2.31. The third-order valence-electron chi connectivity index (χ3n) is 6.83. The van der Waals surface area contributed by atoms with Crippen molar-refractivity contribution in [2.45, 2.75) is 39.7 Å². The van der Waals surface area contributed by atoms with Gasteiger partial charge in [-0.15, -0.1) is 0 Å². The number of aryl methyl sites for hydroxylation is 2. The van der Waals surface area contributed by atoms with Crippen LogP contribution in [0, 0.1) is 6.92 Å². The van der Waals surface area contributed by atoms with E-state index in [2.05, 4.69) is 6.92 Å². The summed E-state index contributed by atoms with van der Waals surface area (Å²) in [6.07, 6.45) is 3.99. The van der Waals surface area contributed by atoms with Crippen molar-refractivity contribution < 1.29 is 19.4 Å². The molecule has 0 bridgehead atoms. The topological polar surface area (TPSA) is 80.9 Å². The molecule has 0 saturated carbocycles. The summed E-state index contributed by atoms with van der Waals surface area (Å²) in [4.78, 5) is 29.8. The lowest BCUT2D eigenvalue weighted by Crippen LogP contribution is -2.11. The molecule has 2 heterocycles. The number of imidazole rings is 1. The first-order chi connectivity index (χ1) is 18.9. The van der Waals surface area contributed by atoms with Crippen LogP contribution in [0.5, 0.6) is 0 Å². The minimum atomic E-state index is -1.00. The largest absolute Gasteiger partial charge is 0.478 e. The Kier molecular flexibility index (Phi) is 7.55. The van der Waals surface area contributed by atoms with E-state index < -0.39 is 5.97 Å². The third kappa shape index (κ3) is 5.60. The number of rotatable bonds is 9. The molecular weight excluding hydrogens is 488 g/mol. The summed E-state index contributed by atoms with van der Waals surface area (Å²) in [7, 11) is 0. The summed E-state index contributed by atoms with van der Waals surface area (Å²) in [5.41, 5.74) is 7.83.